The molecular formula is C18H16N2OS. The minimum absolute atomic E-state index is 0.196. The Morgan fingerprint density at radius 3 is 2.86 bits per heavy atom. The smallest absolute Gasteiger partial charge is 0.120 e. The van der Waals surface area contributed by atoms with Gasteiger partial charge in [0.2, 0.25) is 0 Å². The quantitative estimate of drug-likeness (QED) is 0.705. The maximum Gasteiger partial charge on any atom is 0.120 e. The number of nitrogens with one attached hydrogen (secondary N) is 1. The van der Waals surface area contributed by atoms with Gasteiger partial charge in [0.05, 0.1) is 11.6 Å². The first kappa shape index (κ1) is 14.6. The largest absolute Gasteiger partial charge is 0.508 e. The molecule has 0 aliphatic rings. The Labute approximate surface area is 133 Å². The number of nitriles is 1. The molecule has 3 nitrogen and oxygen atoms in total. The van der Waals surface area contributed by atoms with Gasteiger partial charge in [-0.2, -0.15) is 5.26 Å². The number of hydrogen-bond acceptors (Lipinski definition) is 4. The van der Waals surface area contributed by atoms with Gasteiger partial charge in [0, 0.05) is 11.2 Å². The van der Waals surface area contributed by atoms with Crippen LogP contribution >= 0.6 is 11.3 Å². The van der Waals surface area contributed by atoms with Crippen molar-refractivity contribution in [3.63, 3.8) is 0 Å². The van der Waals surface area contributed by atoms with Crippen LogP contribution in [-0.2, 0) is 13.0 Å². The Kier molecular flexibility index (Phi) is 4.38. The van der Waals surface area contributed by atoms with Crippen molar-refractivity contribution >= 4 is 21.4 Å². The summed E-state index contributed by atoms with van der Waals surface area (Å²) in [6.07, 6.45) is 0.734. The fourth-order valence-electron chi connectivity index (χ4n) is 2.49. The Hall–Kier alpha value is -2.35. The van der Waals surface area contributed by atoms with Crippen molar-refractivity contribution in [3.8, 4) is 11.8 Å². The third kappa shape index (κ3) is 3.11. The van der Waals surface area contributed by atoms with E-state index in [1.807, 2.05) is 12.1 Å². The summed E-state index contributed by atoms with van der Waals surface area (Å²) in [5.41, 5.74) is 2.65. The van der Waals surface area contributed by atoms with Crippen molar-refractivity contribution in [3.05, 3.63) is 64.5 Å². The van der Waals surface area contributed by atoms with Crippen molar-refractivity contribution < 1.29 is 5.11 Å². The zero-order valence-corrected chi connectivity index (χ0v) is 12.9. The van der Waals surface area contributed by atoms with Gasteiger partial charge >= 0.3 is 0 Å². The molecule has 0 saturated heterocycles. The molecule has 1 heterocycles. The molecule has 0 aliphatic carbocycles. The molecule has 0 unspecified atom stereocenters. The molecule has 0 radical (unpaired) electrons. The first-order chi connectivity index (χ1) is 10.8. The lowest BCUT2D eigenvalue weighted by Crippen LogP contribution is -2.16. The number of hydrogen-bond donors (Lipinski definition) is 2. The molecule has 1 aromatic heterocycles. The van der Waals surface area contributed by atoms with Gasteiger partial charge in [0.25, 0.3) is 0 Å². The van der Waals surface area contributed by atoms with E-state index in [-0.39, 0.29) is 5.75 Å². The van der Waals surface area contributed by atoms with Gasteiger partial charge in [0.1, 0.15) is 5.75 Å². The van der Waals surface area contributed by atoms with E-state index >= 15 is 0 Å². The van der Waals surface area contributed by atoms with Crippen molar-refractivity contribution in [2.45, 2.75) is 13.0 Å². The third-order valence-corrected chi connectivity index (χ3v) is 4.67. The number of phenolic OH excluding ortho intramolecular Hbond substituents is 1. The van der Waals surface area contributed by atoms with Crippen LogP contribution in [0, 0.1) is 11.3 Å². The standard InChI is InChI=1S/C18H16N2OS/c19-11-13-4-5-14(17(21)10-13)6-8-20-12-16-3-1-2-15-7-9-22-18(15)16/h1-5,7,9-10,20-21H,6,8,12H2. The molecule has 0 amide bonds. The monoisotopic (exact) mass is 308 g/mol. The van der Waals surface area contributed by atoms with Gasteiger partial charge in [-0.25, -0.2) is 0 Å². The van der Waals surface area contributed by atoms with Crippen molar-refractivity contribution in [2.75, 3.05) is 6.54 Å². The highest BCUT2D eigenvalue weighted by molar-refractivity contribution is 7.17. The molecule has 0 bridgehead atoms. The van der Waals surface area contributed by atoms with E-state index in [0.29, 0.717) is 5.56 Å². The summed E-state index contributed by atoms with van der Waals surface area (Å²) < 4.78 is 1.33. The molecule has 0 aliphatic heterocycles. The molecule has 0 spiro atoms. The number of benzene rings is 2. The lowest BCUT2D eigenvalue weighted by atomic mass is 10.1. The summed E-state index contributed by atoms with van der Waals surface area (Å²) in [4.78, 5) is 0. The van der Waals surface area contributed by atoms with Crippen molar-refractivity contribution in [1.82, 2.24) is 5.32 Å². The summed E-state index contributed by atoms with van der Waals surface area (Å²) in [5, 5.41) is 25.5. The van der Waals surface area contributed by atoms with Gasteiger partial charge in [-0.1, -0.05) is 24.3 Å². The lowest BCUT2D eigenvalue weighted by molar-refractivity contribution is 0.466. The fourth-order valence-corrected chi connectivity index (χ4v) is 3.40. The fraction of sp³-hybridized carbons (Fsp3) is 0.167. The molecule has 110 valence electrons. The average Bonchev–Trinajstić information content (AvgIpc) is 3.02. The second-order valence-electron chi connectivity index (χ2n) is 5.14. The predicted molar refractivity (Wildman–Crippen MR) is 90.1 cm³/mol. The maximum absolute atomic E-state index is 9.88. The van der Waals surface area contributed by atoms with Crippen LogP contribution in [0.5, 0.6) is 5.75 Å². The molecule has 3 rings (SSSR count). The number of fused-ring (bicyclic) bond motifs is 1. The molecule has 0 saturated carbocycles. The second-order valence-corrected chi connectivity index (χ2v) is 6.05. The lowest BCUT2D eigenvalue weighted by Gasteiger charge is -2.08. The van der Waals surface area contributed by atoms with Gasteiger partial charge in [0.15, 0.2) is 0 Å². The third-order valence-electron chi connectivity index (χ3n) is 3.66. The number of phenols is 1. The molecule has 3 aromatic rings. The van der Waals surface area contributed by atoms with E-state index < -0.39 is 0 Å². The Bertz CT molecular complexity index is 832. The molecule has 4 heteroatoms. The number of nitrogens with zero attached hydrogens (tertiary/aromatic N) is 1. The highest BCUT2D eigenvalue weighted by atomic mass is 32.1. The van der Waals surface area contributed by atoms with E-state index in [1.165, 1.54) is 21.7 Å². The van der Waals surface area contributed by atoms with Crippen LogP contribution in [0.2, 0.25) is 0 Å². The molecule has 22 heavy (non-hydrogen) atoms. The first-order valence-corrected chi connectivity index (χ1v) is 8.03. The van der Waals surface area contributed by atoms with Gasteiger partial charge < -0.3 is 10.4 Å². The van der Waals surface area contributed by atoms with E-state index in [0.717, 1.165) is 25.1 Å². The molecule has 0 fully saturated rings. The van der Waals surface area contributed by atoms with Gasteiger partial charge in [-0.15, -0.1) is 11.3 Å². The van der Waals surface area contributed by atoms with E-state index in [2.05, 4.69) is 35.0 Å². The highest BCUT2D eigenvalue weighted by Gasteiger charge is 2.04. The van der Waals surface area contributed by atoms with E-state index in [9.17, 15) is 5.11 Å². The minimum atomic E-state index is 0.196. The van der Waals surface area contributed by atoms with Crippen LogP contribution < -0.4 is 5.32 Å². The van der Waals surface area contributed by atoms with Crippen LogP contribution in [0.25, 0.3) is 10.1 Å². The van der Waals surface area contributed by atoms with Crippen LogP contribution in [0.3, 0.4) is 0 Å². The SMILES string of the molecule is N#Cc1ccc(CCNCc2cccc3ccsc23)c(O)c1. The van der Waals surface area contributed by atoms with Crippen LogP contribution in [0.15, 0.2) is 47.8 Å². The summed E-state index contributed by atoms with van der Waals surface area (Å²) in [7, 11) is 0. The van der Waals surface area contributed by atoms with E-state index in [4.69, 9.17) is 5.26 Å². The normalized spacial score (nSPS) is 10.7. The number of rotatable bonds is 5. The number of aromatic hydroxyl groups is 1. The minimum Gasteiger partial charge on any atom is -0.508 e. The first-order valence-electron chi connectivity index (χ1n) is 7.16. The van der Waals surface area contributed by atoms with Gasteiger partial charge in [-0.05, 0) is 53.1 Å². The van der Waals surface area contributed by atoms with Gasteiger partial charge in [-0.3, -0.25) is 0 Å². The zero-order valence-electron chi connectivity index (χ0n) is 12.0. The van der Waals surface area contributed by atoms with Crippen LogP contribution in [0.1, 0.15) is 16.7 Å². The maximum atomic E-state index is 9.88. The van der Waals surface area contributed by atoms with E-state index in [1.54, 1.807) is 17.4 Å². The summed E-state index contributed by atoms with van der Waals surface area (Å²) in [6, 6.07) is 15.6. The zero-order chi connectivity index (χ0) is 15.4. The highest BCUT2D eigenvalue weighted by Crippen LogP contribution is 2.24. The second kappa shape index (κ2) is 6.61. The Morgan fingerprint density at radius 1 is 1.14 bits per heavy atom. The summed E-state index contributed by atoms with van der Waals surface area (Å²) in [6.45, 7) is 1.59. The molecule has 2 aromatic carbocycles. The Morgan fingerprint density at radius 2 is 2.05 bits per heavy atom. The molecular weight excluding hydrogens is 292 g/mol. The van der Waals surface area contributed by atoms with Crippen molar-refractivity contribution in [1.29, 1.82) is 5.26 Å². The number of thiophene rings is 1. The van der Waals surface area contributed by atoms with Crippen molar-refractivity contribution in [2.24, 2.45) is 0 Å². The summed E-state index contributed by atoms with van der Waals surface area (Å²) in [5.74, 6) is 0.196. The Balaban J connectivity index is 1.58. The molecule has 0 atom stereocenters. The predicted octanol–water partition coefficient (Wildman–Crippen LogP) is 3.81. The topological polar surface area (TPSA) is 56.0 Å². The summed E-state index contributed by atoms with van der Waals surface area (Å²) >= 11 is 1.76. The van der Waals surface area contributed by atoms with Crippen LogP contribution in [0.4, 0.5) is 0 Å². The van der Waals surface area contributed by atoms with Crippen LogP contribution in [-0.4, -0.2) is 11.7 Å². The molecule has 2 N–H and O–H groups in total. The average molecular weight is 308 g/mol.